The fourth-order valence-electron chi connectivity index (χ4n) is 4.42. The average molecular weight is 427 g/mol. The normalized spacial score (nSPS) is 27.3. The van der Waals surface area contributed by atoms with Crippen LogP contribution in [0.5, 0.6) is 0 Å². The van der Waals surface area contributed by atoms with Crippen LogP contribution in [0.25, 0.3) is 0 Å². The van der Waals surface area contributed by atoms with Crippen LogP contribution in [0.3, 0.4) is 0 Å². The van der Waals surface area contributed by atoms with E-state index < -0.39 is 36.1 Å². The number of alkyl halides is 4. The summed E-state index contributed by atoms with van der Waals surface area (Å²) in [6, 6.07) is 6.95. The predicted octanol–water partition coefficient (Wildman–Crippen LogP) is 5.61. The molecule has 0 spiro atoms. The zero-order valence-electron chi connectivity index (χ0n) is 16.0. The maximum atomic E-state index is 15.8. The maximum Gasteiger partial charge on any atom is 0.264 e. The van der Waals surface area contributed by atoms with Crippen LogP contribution in [0.15, 0.2) is 35.7 Å². The van der Waals surface area contributed by atoms with Gasteiger partial charge >= 0.3 is 0 Å². The number of thiophene rings is 1. The van der Waals surface area contributed by atoms with Gasteiger partial charge in [0.25, 0.3) is 6.43 Å². The van der Waals surface area contributed by atoms with E-state index in [-0.39, 0.29) is 28.0 Å². The summed E-state index contributed by atoms with van der Waals surface area (Å²) in [7, 11) is 0. The summed E-state index contributed by atoms with van der Waals surface area (Å²) in [5, 5.41) is 12.9. The Hall–Kier alpha value is -1.89. The first kappa shape index (κ1) is 21.8. The predicted molar refractivity (Wildman–Crippen MR) is 103 cm³/mol. The van der Waals surface area contributed by atoms with Crippen LogP contribution in [0.1, 0.15) is 71.8 Å². The Morgan fingerprint density at radius 2 is 2.03 bits per heavy atom. The Morgan fingerprint density at radius 1 is 1.31 bits per heavy atom. The van der Waals surface area contributed by atoms with Crippen molar-refractivity contribution in [2.45, 2.75) is 63.2 Å². The highest BCUT2D eigenvalue weighted by Crippen LogP contribution is 2.52. The molecule has 4 unspecified atom stereocenters. The molecule has 2 nitrogen and oxygen atoms in total. The maximum absolute atomic E-state index is 15.8. The van der Waals surface area contributed by atoms with Crippen molar-refractivity contribution in [3.05, 3.63) is 57.3 Å². The second-order valence-corrected chi connectivity index (χ2v) is 8.55. The molecular formula is C22H23F4O2S-. The molecule has 0 amide bonds. The minimum atomic E-state index is -2.74. The van der Waals surface area contributed by atoms with Crippen molar-refractivity contribution in [2.24, 2.45) is 5.92 Å². The number of carboxylic acids is 1. The lowest BCUT2D eigenvalue weighted by Gasteiger charge is -2.45. The summed E-state index contributed by atoms with van der Waals surface area (Å²) in [5.41, 5.74) is -2.05. The zero-order valence-corrected chi connectivity index (χ0v) is 16.9. The highest BCUT2D eigenvalue weighted by molar-refractivity contribution is 7.10. The fourth-order valence-corrected chi connectivity index (χ4v) is 5.59. The molecule has 1 saturated carbocycles. The Morgan fingerprint density at radius 3 is 2.66 bits per heavy atom. The summed E-state index contributed by atoms with van der Waals surface area (Å²) in [4.78, 5) is 11.9. The Labute approximate surface area is 171 Å². The zero-order chi connectivity index (χ0) is 21.2. The van der Waals surface area contributed by atoms with E-state index in [0.717, 1.165) is 24.2 Å². The highest BCUT2D eigenvalue weighted by Gasteiger charge is 2.54. The third kappa shape index (κ3) is 3.93. The molecule has 0 N–H and O–H groups in total. The van der Waals surface area contributed by atoms with Crippen molar-refractivity contribution < 1.29 is 27.5 Å². The Bertz CT molecular complexity index is 853. The second kappa shape index (κ2) is 8.86. The number of benzene rings is 1. The van der Waals surface area contributed by atoms with E-state index in [4.69, 9.17) is 0 Å². The van der Waals surface area contributed by atoms with Crippen molar-refractivity contribution in [1.82, 2.24) is 0 Å². The van der Waals surface area contributed by atoms with Gasteiger partial charge in [0.05, 0.1) is 11.4 Å². The SMILES string of the molecule is CCCCC1CCC(c2cc(C(F)F)cs2)(c2ccccc2C(=O)[O-])C(F)C1F. The third-order valence-electron chi connectivity index (χ3n) is 5.98. The van der Waals surface area contributed by atoms with Gasteiger partial charge in [0.2, 0.25) is 0 Å². The monoisotopic (exact) mass is 427 g/mol. The van der Waals surface area contributed by atoms with Gasteiger partial charge in [-0.3, -0.25) is 0 Å². The Balaban J connectivity index is 2.15. The third-order valence-corrected chi connectivity index (χ3v) is 7.10. The van der Waals surface area contributed by atoms with Gasteiger partial charge in [-0.25, -0.2) is 17.6 Å². The van der Waals surface area contributed by atoms with Crippen LogP contribution < -0.4 is 5.11 Å². The number of aromatic carboxylic acids is 1. The van der Waals surface area contributed by atoms with Crippen molar-refractivity contribution in [1.29, 1.82) is 0 Å². The molecule has 2 aromatic rings. The molecule has 0 bridgehead atoms. The average Bonchev–Trinajstić information content (AvgIpc) is 3.20. The molecule has 0 radical (unpaired) electrons. The van der Waals surface area contributed by atoms with Gasteiger partial charge < -0.3 is 9.90 Å². The lowest BCUT2D eigenvalue weighted by Crippen LogP contribution is -2.51. The van der Waals surface area contributed by atoms with Crippen LogP contribution in [0.2, 0.25) is 0 Å². The minimum Gasteiger partial charge on any atom is -0.545 e. The molecule has 1 aromatic heterocycles. The number of hydrogen-bond donors (Lipinski definition) is 0. The summed E-state index contributed by atoms with van der Waals surface area (Å²) < 4.78 is 57.5. The molecule has 7 heteroatoms. The molecule has 0 aliphatic heterocycles. The first-order valence-electron chi connectivity index (χ1n) is 9.79. The van der Waals surface area contributed by atoms with Gasteiger partial charge in [-0.2, -0.15) is 0 Å². The van der Waals surface area contributed by atoms with E-state index in [2.05, 4.69) is 0 Å². The van der Waals surface area contributed by atoms with Crippen LogP contribution in [0.4, 0.5) is 17.6 Å². The van der Waals surface area contributed by atoms with E-state index in [0.29, 0.717) is 12.8 Å². The fraction of sp³-hybridized carbons (Fsp3) is 0.500. The first-order chi connectivity index (χ1) is 13.8. The van der Waals surface area contributed by atoms with Gasteiger partial charge in [-0.1, -0.05) is 44.0 Å². The largest absolute Gasteiger partial charge is 0.545 e. The number of carbonyl (C=O) groups is 1. The number of hydrogen-bond acceptors (Lipinski definition) is 3. The van der Waals surface area contributed by atoms with Gasteiger partial charge in [0.1, 0.15) is 12.3 Å². The number of carboxylic acid groups (broad SMARTS) is 1. The molecule has 1 fully saturated rings. The molecule has 3 rings (SSSR count). The lowest BCUT2D eigenvalue weighted by molar-refractivity contribution is -0.255. The summed E-state index contributed by atoms with van der Waals surface area (Å²) in [6.07, 6.45) is -3.90. The van der Waals surface area contributed by atoms with Crippen LogP contribution >= 0.6 is 11.3 Å². The molecule has 0 saturated heterocycles. The lowest BCUT2D eigenvalue weighted by atomic mass is 9.62. The van der Waals surface area contributed by atoms with Crippen LogP contribution in [-0.2, 0) is 5.41 Å². The molecule has 29 heavy (non-hydrogen) atoms. The van der Waals surface area contributed by atoms with Gasteiger partial charge in [-0.05, 0) is 42.2 Å². The van der Waals surface area contributed by atoms with Gasteiger partial charge in [0.15, 0.2) is 0 Å². The van der Waals surface area contributed by atoms with E-state index >= 15 is 8.78 Å². The molecule has 158 valence electrons. The van der Waals surface area contributed by atoms with Crippen molar-refractivity contribution >= 4 is 17.3 Å². The molecule has 1 heterocycles. The van der Waals surface area contributed by atoms with E-state index in [9.17, 15) is 18.7 Å². The van der Waals surface area contributed by atoms with Crippen LogP contribution in [0, 0.1) is 5.92 Å². The summed E-state index contributed by atoms with van der Waals surface area (Å²) in [5.74, 6) is -1.97. The van der Waals surface area contributed by atoms with Gasteiger partial charge in [-0.15, -0.1) is 11.3 Å². The second-order valence-electron chi connectivity index (χ2n) is 7.64. The molecule has 1 aliphatic carbocycles. The smallest absolute Gasteiger partial charge is 0.264 e. The molecule has 1 aliphatic rings. The quantitative estimate of drug-likeness (QED) is 0.539. The van der Waals surface area contributed by atoms with Crippen molar-refractivity contribution in [3.63, 3.8) is 0 Å². The molecular weight excluding hydrogens is 404 g/mol. The van der Waals surface area contributed by atoms with E-state index in [1.165, 1.54) is 29.6 Å². The molecule has 1 aromatic carbocycles. The topological polar surface area (TPSA) is 40.1 Å². The minimum absolute atomic E-state index is 0.0896. The van der Waals surface area contributed by atoms with Crippen molar-refractivity contribution in [3.8, 4) is 0 Å². The van der Waals surface area contributed by atoms with Crippen LogP contribution in [-0.4, -0.2) is 18.3 Å². The first-order valence-corrected chi connectivity index (χ1v) is 10.7. The van der Waals surface area contributed by atoms with E-state index in [1.54, 1.807) is 6.07 Å². The summed E-state index contributed by atoms with van der Waals surface area (Å²) in [6.45, 7) is 1.97. The van der Waals surface area contributed by atoms with Gasteiger partial charge in [0, 0.05) is 16.0 Å². The number of rotatable bonds is 7. The summed E-state index contributed by atoms with van der Waals surface area (Å²) >= 11 is 0.923. The highest BCUT2D eigenvalue weighted by atomic mass is 32.1. The Kier molecular flexibility index (Phi) is 6.66. The number of halogens is 4. The number of carbonyl (C=O) groups excluding carboxylic acids is 1. The number of unbranched alkanes of at least 4 members (excludes halogenated alkanes) is 1. The standard InChI is InChI=1S/C22H24F4O2S/c1-2-3-6-13-9-10-22(19(24)18(13)23,17-11-14(12-29-17)20(25)26)16-8-5-4-7-15(16)21(27)28/h4-5,7-8,11-13,18-20H,2-3,6,9-10H2,1H3,(H,27,28)/p-1. The van der Waals surface area contributed by atoms with E-state index in [1.807, 2.05) is 6.92 Å². The molecule has 4 atom stereocenters. The van der Waals surface area contributed by atoms with Crippen molar-refractivity contribution in [2.75, 3.05) is 0 Å².